The van der Waals surface area contributed by atoms with E-state index in [1.165, 1.54) is 4.70 Å². The average molecular weight is 457 g/mol. The van der Waals surface area contributed by atoms with Crippen LogP contribution in [0.15, 0.2) is 36.7 Å². The van der Waals surface area contributed by atoms with Crippen molar-refractivity contribution >= 4 is 57.4 Å². The molecule has 1 aliphatic rings. The molecule has 3 heterocycles. The summed E-state index contributed by atoms with van der Waals surface area (Å²) in [7, 11) is 3.65. The number of piperidine rings is 1. The van der Waals surface area contributed by atoms with Crippen LogP contribution >= 0.6 is 36.2 Å². The Morgan fingerprint density at radius 1 is 1.24 bits per heavy atom. The van der Waals surface area contributed by atoms with E-state index in [2.05, 4.69) is 32.8 Å². The molecule has 4 rings (SSSR count). The highest BCUT2D eigenvalue weighted by molar-refractivity contribution is 7.22. The van der Waals surface area contributed by atoms with Crippen LogP contribution in [0.2, 0.25) is 0 Å². The van der Waals surface area contributed by atoms with E-state index in [0.717, 1.165) is 42.1 Å². The average Bonchev–Trinajstić information content (AvgIpc) is 3.29. The Morgan fingerprint density at radius 2 is 1.97 bits per heavy atom. The van der Waals surface area contributed by atoms with Crippen LogP contribution in [0.3, 0.4) is 0 Å². The maximum atomic E-state index is 12.7. The van der Waals surface area contributed by atoms with Gasteiger partial charge in [-0.25, -0.2) is 4.98 Å². The number of aryl methyl sites for hydroxylation is 1. The first-order valence-electron chi connectivity index (χ1n) is 9.21. The Kier molecular flexibility index (Phi) is 8.27. The fraction of sp³-hybridized carbons (Fsp3) is 0.421. The summed E-state index contributed by atoms with van der Waals surface area (Å²) in [6, 6.07) is 8.05. The standard InChI is InChI=1S/C19H24N6OS.2ClH/c1-20-17(13-11-21-24(2)12-13)18(26)22-14-7-9-25(10-8-14)19-23-15-5-3-4-6-16(15)27-19;;/h3-6,11-12,14,17,20H,7-10H2,1-2H3,(H,22,26);2*1H. The van der Waals surface area contributed by atoms with Gasteiger partial charge in [-0.1, -0.05) is 23.5 Å². The molecule has 0 aliphatic carbocycles. The first kappa shape index (κ1) is 23.4. The highest BCUT2D eigenvalue weighted by Crippen LogP contribution is 2.30. The van der Waals surface area contributed by atoms with E-state index in [-0.39, 0.29) is 42.8 Å². The van der Waals surface area contributed by atoms with Crippen LogP contribution in [-0.2, 0) is 11.8 Å². The second-order valence-electron chi connectivity index (χ2n) is 6.90. The van der Waals surface area contributed by atoms with Crippen LogP contribution in [0, 0.1) is 0 Å². The molecule has 10 heteroatoms. The number of benzene rings is 1. The minimum Gasteiger partial charge on any atom is -0.352 e. The molecule has 0 saturated carbocycles. The molecule has 158 valence electrons. The third-order valence-corrected chi connectivity index (χ3v) is 6.10. The Morgan fingerprint density at radius 3 is 2.59 bits per heavy atom. The minimum atomic E-state index is -0.374. The van der Waals surface area contributed by atoms with Gasteiger partial charge < -0.3 is 15.5 Å². The number of hydrogen-bond acceptors (Lipinski definition) is 6. The highest BCUT2D eigenvalue weighted by atomic mass is 35.5. The maximum Gasteiger partial charge on any atom is 0.242 e. The van der Waals surface area contributed by atoms with Crippen LogP contribution < -0.4 is 15.5 Å². The molecule has 7 nitrogen and oxygen atoms in total. The zero-order valence-corrected chi connectivity index (χ0v) is 18.8. The van der Waals surface area contributed by atoms with Crippen molar-refractivity contribution in [2.45, 2.75) is 24.9 Å². The summed E-state index contributed by atoms with van der Waals surface area (Å²) >= 11 is 1.74. The van der Waals surface area contributed by atoms with Crippen molar-refractivity contribution in [3.05, 3.63) is 42.2 Å². The lowest BCUT2D eigenvalue weighted by atomic mass is 10.0. The predicted octanol–water partition coefficient (Wildman–Crippen LogP) is 2.92. The van der Waals surface area contributed by atoms with Gasteiger partial charge in [0, 0.05) is 37.9 Å². The molecule has 2 N–H and O–H groups in total. The molecule has 1 amide bonds. The molecule has 2 aromatic heterocycles. The molecule has 1 aromatic carbocycles. The number of thiazole rings is 1. The maximum absolute atomic E-state index is 12.7. The van der Waals surface area contributed by atoms with Gasteiger partial charge in [0.05, 0.1) is 16.4 Å². The number of likely N-dealkylation sites (N-methyl/N-ethyl adjacent to an activating group) is 1. The van der Waals surface area contributed by atoms with E-state index >= 15 is 0 Å². The third kappa shape index (κ3) is 5.19. The number of carbonyl (C=O) groups excluding carboxylic acids is 1. The Bertz CT molecular complexity index is 905. The van der Waals surface area contributed by atoms with Gasteiger partial charge in [0.1, 0.15) is 6.04 Å². The number of carbonyl (C=O) groups is 1. The van der Waals surface area contributed by atoms with E-state index in [4.69, 9.17) is 4.98 Å². The number of rotatable bonds is 5. The van der Waals surface area contributed by atoms with Crippen molar-refractivity contribution in [3.8, 4) is 0 Å². The van der Waals surface area contributed by atoms with Crippen molar-refractivity contribution in [2.24, 2.45) is 7.05 Å². The summed E-state index contributed by atoms with van der Waals surface area (Å²) in [5, 5.41) is 11.5. The van der Waals surface area contributed by atoms with Gasteiger partial charge in [-0.3, -0.25) is 9.48 Å². The van der Waals surface area contributed by atoms with E-state index < -0.39 is 0 Å². The number of anilines is 1. The van der Waals surface area contributed by atoms with Crippen LogP contribution in [0.5, 0.6) is 0 Å². The summed E-state index contributed by atoms with van der Waals surface area (Å²) < 4.78 is 2.93. The summed E-state index contributed by atoms with van der Waals surface area (Å²) in [5.41, 5.74) is 1.94. The predicted molar refractivity (Wildman–Crippen MR) is 123 cm³/mol. The third-order valence-electron chi connectivity index (χ3n) is 5.00. The second kappa shape index (κ2) is 10.2. The largest absolute Gasteiger partial charge is 0.352 e. The van der Waals surface area contributed by atoms with E-state index in [1.807, 2.05) is 25.4 Å². The van der Waals surface area contributed by atoms with Crippen molar-refractivity contribution in [1.29, 1.82) is 0 Å². The van der Waals surface area contributed by atoms with E-state index in [1.54, 1.807) is 29.3 Å². The van der Waals surface area contributed by atoms with Crippen LogP contribution in [-0.4, -0.2) is 46.9 Å². The number of aromatic nitrogens is 3. The van der Waals surface area contributed by atoms with Gasteiger partial charge in [-0.2, -0.15) is 5.10 Å². The molecular formula is C19H26Cl2N6OS. The minimum absolute atomic E-state index is 0. The van der Waals surface area contributed by atoms with Crippen LogP contribution in [0.25, 0.3) is 10.2 Å². The normalized spacial score (nSPS) is 15.4. The van der Waals surface area contributed by atoms with Gasteiger partial charge in [0.2, 0.25) is 5.91 Å². The summed E-state index contributed by atoms with van der Waals surface area (Å²) in [4.78, 5) is 19.8. The molecule has 3 aromatic rings. The smallest absolute Gasteiger partial charge is 0.242 e. The van der Waals surface area contributed by atoms with Crippen molar-refractivity contribution in [2.75, 3.05) is 25.0 Å². The number of nitrogens with one attached hydrogen (secondary N) is 2. The van der Waals surface area contributed by atoms with Gasteiger partial charge in [-0.05, 0) is 32.0 Å². The lowest BCUT2D eigenvalue weighted by Crippen LogP contribution is -2.47. The van der Waals surface area contributed by atoms with Gasteiger partial charge in [-0.15, -0.1) is 24.8 Å². The van der Waals surface area contributed by atoms with Gasteiger partial charge >= 0.3 is 0 Å². The highest BCUT2D eigenvalue weighted by Gasteiger charge is 2.26. The second-order valence-corrected chi connectivity index (χ2v) is 7.91. The van der Waals surface area contributed by atoms with Crippen molar-refractivity contribution in [1.82, 2.24) is 25.4 Å². The molecule has 1 fully saturated rings. The van der Waals surface area contributed by atoms with E-state index in [9.17, 15) is 4.79 Å². The van der Waals surface area contributed by atoms with E-state index in [0.29, 0.717) is 0 Å². The number of nitrogens with zero attached hydrogens (tertiary/aromatic N) is 4. The quantitative estimate of drug-likeness (QED) is 0.617. The number of amides is 1. The molecular weight excluding hydrogens is 431 g/mol. The molecule has 0 bridgehead atoms. The molecule has 0 radical (unpaired) electrons. The monoisotopic (exact) mass is 456 g/mol. The number of para-hydroxylation sites is 1. The zero-order valence-electron chi connectivity index (χ0n) is 16.4. The van der Waals surface area contributed by atoms with Gasteiger partial charge in [0.25, 0.3) is 0 Å². The Labute approximate surface area is 186 Å². The van der Waals surface area contributed by atoms with Crippen molar-refractivity contribution < 1.29 is 4.79 Å². The van der Waals surface area contributed by atoms with Crippen LogP contribution in [0.4, 0.5) is 5.13 Å². The van der Waals surface area contributed by atoms with Gasteiger partial charge in [0.15, 0.2) is 5.13 Å². The number of hydrogen-bond donors (Lipinski definition) is 2. The number of fused-ring (bicyclic) bond motifs is 1. The first-order chi connectivity index (χ1) is 13.1. The van der Waals surface area contributed by atoms with Crippen LogP contribution in [0.1, 0.15) is 24.4 Å². The summed E-state index contributed by atoms with van der Waals surface area (Å²) in [5.74, 6) is 0.00365. The SMILES string of the molecule is CNC(C(=O)NC1CCN(c2nc3ccccc3s2)CC1)c1cnn(C)c1.Cl.Cl. The molecule has 1 unspecified atom stereocenters. The Balaban J connectivity index is 0.00000150. The van der Waals surface area contributed by atoms with Crippen molar-refractivity contribution in [3.63, 3.8) is 0 Å². The molecule has 1 aliphatic heterocycles. The Hall–Kier alpha value is -1.87. The molecule has 1 atom stereocenters. The molecule has 1 saturated heterocycles. The number of halogens is 2. The summed E-state index contributed by atoms with van der Waals surface area (Å²) in [6.45, 7) is 1.81. The zero-order chi connectivity index (χ0) is 18.8. The first-order valence-corrected chi connectivity index (χ1v) is 10.0. The molecule has 0 spiro atoms. The topological polar surface area (TPSA) is 75.1 Å². The lowest BCUT2D eigenvalue weighted by molar-refractivity contribution is -0.124. The summed E-state index contributed by atoms with van der Waals surface area (Å²) in [6.07, 6.45) is 5.45. The fourth-order valence-electron chi connectivity index (χ4n) is 3.53. The fourth-order valence-corrected chi connectivity index (χ4v) is 4.55. The lowest BCUT2D eigenvalue weighted by Gasteiger charge is -2.32. The molecule has 29 heavy (non-hydrogen) atoms.